The van der Waals surface area contributed by atoms with Crippen LogP contribution in [0.5, 0.6) is 5.75 Å². The third-order valence-electron chi connectivity index (χ3n) is 3.08. The van der Waals surface area contributed by atoms with Crippen LogP contribution in [0.4, 0.5) is 0 Å². The highest BCUT2D eigenvalue weighted by molar-refractivity contribution is 5.96. The average Bonchev–Trinajstić information content (AvgIpc) is 2.42. The van der Waals surface area contributed by atoms with E-state index in [2.05, 4.69) is 12.2 Å². The van der Waals surface area contributed by atoms with E-state index in [4.69, 9.17) is 10.2 Å². The Labute approximate surface area is 118 Å². The highest BCUT2D eigenvalue weighted by Crippen LogP contribution is 2.11. The predicted molar refractivity (Wildman–Crippen MR) is 75.8 cm³/mol. The summed E-state index contributed by atoms with van der Waals surface area (Å²) in [4.78, 5) is 23.0. The van der Waals surface area contributed by atoms with Crippen LogP contribution < -0.4 is 5.32 Å². The largest absolute Gasteiger partial charge is 0.508 e. The maximum atomic E-state index is 11.9. The van der Waals surface area contributed by atoms with Crippen LogP contribution in [0.15, 0.2) is 24.3 Å². The molecule has 1 rings (SSSR count). The molecule has 0 aliphatic rings. The molecule has 0 aliphatic carbocycles. The number of aliphatic carboxylic acids is 1. The van der Waals surface area contributed by atoms with Gasteiger partial charge in [-0.2, -0.15) is 0 Å². The number of carbonyl (C=O) groups is 2. The number of carbonyl (C=O) groups excluding carboxylic acids is 1. The van der Waals surface area contributed by atoms with Gasteiger partial charge in [0.1, 0.15) is 11.8 Å². The van der Waals surface area contributed by atoms with Crippen molar-refractivity contribution in [2.75, 3.05) is 0 Å². The van der Waals surface area contributed by atoms with Gasteiger partial charge < -0.3 is 15.5 Å². The Balaban J connectivity index is 2.54. The molecule has 20 heavy (non-hydrogen) atoms. The van der Waals surface area contributed by atoms with E-state index >= 15 is 0 Å². The molecule has 5 nitrogen and oxygen atoms in total. The molecule has 1 unspecified atom stereocenters. The zero-order valence-electron chi connectivity index (χ0n) is 11.6. The van der Waals surface area contributed by atoms with Gasteiger partial charge in [-0.15, -0.1) is 0 Å². The highest BCUT2D eigenvalue weighted by atomic mass is 16.4. The van der Waals surface area contributed by atoms with Crippen molar-refractivity contribution in [1.29, 1.82) is 0 Å². The predicted octanol–water partition coefficient (Wildman–Crippen LogP) is 2.55. The van der Waals surface area contributed by atoms with Crippen LogP contribution in [0, 0.1) is 0 Å². The fourth-order valence-electron chi connectivity index (χ4n) is 1.89. The molecule has 5 heteroatoms. The third-order valence-corrected chi connectivity index (χ3v) is 3.08. The number of unbranched alkanes of at least 4 members (excludes halogenated alkanes) is 3. The molecule has 1 atom stereocenters. The first-order valence-corrected chi connectivity index (χ1v) is 6.87. The summed E-state index contributed by atoms with van der Waals surface area (Å²) in [7, 11) is 0. The lowest BCUT2D eigenvalue weighted by molar-refractivity contribution is -0.139. The van der Waals surface area contributed by atoms with Crippen LogP contribution in [0.3, 0.4) is 0 Å². The van der Waals surface area contributed by atoms with Crippen molar-refractivity contribution < 1.29 is 19.8 Å². The maximum Gasteiger partial charge on any atom is 0.326 e. The van der Waals surface area contributed by atoms with E-state index in [1.807, 2.05) is 0 Å². The second-order valence-electron chi connectivity index (χ2n) is 4.76. The zero-order chi connectivity index (χ0) is 15.0. The van der Waals surface area contributed by atoms with E-state index < -0.39 is 17.9 Å². The smallest absolute Gasteiger partial charge is 0.326 e. The molecule has 0 saturated heterocycles. The first-order valence-electron chi connectivity index (χ1n) is 6.87. The molecular weight excluding hydrogens is 258 g/mol. The van der Waals surface area contributed by atoms with E-state index in [9.17, 15) is 9.59 Å². The molecule has 110 valence electrons. The van der Waals surface area contributed by atoms with E-state index in [1.54, 1.807) is 0 Å². The minimum Gasteiger partial charge on any atom is -0.508 e. The zero-order valence-corrected chi connectivity index (χ0v) is 11.6. The number of phenolic OH excluding ortho intramolecular Hbond substituents is 1. The minimum atomic E-state index is -1.02. The van der Waals surface area contributed by atoms with Crippen LogP contribution in [0.1, 0.15) is 49.4 Å². The number of nitrogens with one attached hydrogen (secondary N) is 1. The molecule has 3 N–H and O–H groups in total. The van der Waals surface area contributed by atoms with Gasteiger partial charge in [0.25, 0.3) is 5.91 Å². The maximum absolute atomic E-state index is 11.9. The molecule has 1 aromatic carbocycles. The minimum absolute atomic E-state index is 0.0656. The van der Waals surface area contributed by atoms with Crippen molar-refractivity contribution in [2.24, 2.45) is 0 Å². The molecule has 0 fully saturated rings. The summed E-state index contributed by atoms with van der Waals surface area (Å²) in [6.45, 7) is 2.08. The van der Waals surface area contributed by atoms with Crippen LogP contribution >= 0.6 is 0 Å². The van der Waals surface area contributed by atoms with Gasteiger partial charge in [-0.1, -0.05) is 32.6 Å². The molecule has 0 bridgehead atoms. The van der Waals surface area contributed by atoms with E-state index in [1.165, 1.54) is 24.3 Å². The normalized spacial score (nSPS) is 11.8. The molecule has 1 amide bonds. The van der Waals surface area contributed by atoms with Crippen molar-refractivity contribution in [3.8, 4) is 5.75 Å². The fraction of sp³-hybridized carbons (Fsp3) is 0.467. The Morgan fingerprint density at radius 2 is 1.80 bits per heavy atom. The number of benzene rings is 1. The summed E-state index contributed by atoms with van der Waals surface area (Å²) >= 11 is 0. The monoisotopic (exact) mass is 279 g/mol. The summed E-state index contributed by atoms with van der Waals surface area (Å²) in [6, 6.07) is 4.84. The number of carboxylic acid groups (broad SMARTS) is 1. The van der Waals surface area contributed by atoms with Crippen molar-refractivity contribution >= 4 is 11.9 Å². The summed E-state index contributed by atoms with van der Waals surface area (Å²) in [5, 5.41) is 20.8. The van der Waals surface area contributed by atoms with Crippen molar-refractivity contribution in [1.82, 2.24) is 5.32 Å². The molecule has 0 aromatic heterocycles. The number of rotatable bonds is 8. The summed E-state index contributed by atoms with van der Waals surface area (Å²) in [5.41, 5.74) is 0.336. The van der Waals surface area contributed by atoms with Gasteiger partial charge in [0.15, 0.2) is 0 Å². The van der Waals surface area contributed by atoms with Crippen molar-refractivity contribution in [3.05, 3.63) is 29.8 Å². The Morgan fingerprint density at radius 1 is 1.15 bits per heavy atom. The number of phenols is 1. The molecule has 0 heterocycles. The number of aromatic hydroxyl groups is 1. The Hall–Kier alpha value is -2.04. The van der Waals surface area contributed by atoms with E-state index in [0.717, 1.165) is 25.7 Å². The van der Waals surface area contributed by atoms with Gasteiger partial charge in [-0.25, -0.2) is 4.79 Å². The molecule has 0 aliphatic heterocycles. The van der Waals surface area contributed by atoms with Crippen LogP contribution in [0.25, 0.3) is 0 Å². The van der Waals surface area contributed by atoms with Gasteiger partial charge in [0.2, 0.25) is 0 Å². The molecule has 0 spiro atoms. The highest BCUT2D eigenvalue weighted by Gasteiger charge is 2.20. The lowest BCUT2D eigenvalue weighted by Crippen LogP contribution is -2.40. The fourth-order valence-corrected chi connectivity index (χ4v) is 1.89. The Kier molecular flexibility index (Phi) is 6.56. The topological polar surface area (TPSA) is 86.6 Å². The van der Waals surface area contributed by atoms with Gasteiger partial charge >= 0.3 is 5.97 Å². The molecule has 0 radical (unpaired) electrons. The standard InChI is InChI=1S/C15H21NO4/c1-2-3-4-5-6-13(15(19)20)16-14(18)11-7-9-12(17)10-8-11/h7-10,13,17H,2-6H2,1H3,(H,16,18)(H,19,20). The first kappa shape index (κ1) is 16.0. The van der Waals surface area contributed by atoms with Crippen molar-refractivity contribution in [2.45, 2.75) is 45.1 Å². The van der Waals surface area contributed by atoms with Gasteiger partial charge in [-0.05, 0) is 30.7 Å². The lowest BCUT2D eigenvalue weighted by Gasteiger charge is -2.14. The summed E-state index contributed by atoms with van der Waals surface area (Å²) in [5.74, 6) is -1.39. The number of amides is 1. The third kappa shape index (κ3) is 5.30. The summed E-state index contributed by atoms with van der Waals surface area (Å²) in [6.07, 6.45) is 4.32. The van der Waals surface area contributed by atoms with Crippen molar-refractivity contribution in [3.63, 3.8) is 0 Å². The number of hydrogen-bond donors (Lipinski definition) is 3. The summed E-state index contributed by atoms with van der Waals surface area (Å²) < 4.78 is 0. The Bertz CT molecular complexity index is 442. The number of carboxylic acids is 1. The molecule has 1 aromatic rings. The van der Waals surface area contributed by atoms with E-state index in [0.29, 0.717) is 12.0 Å². The van der Waals surface area contributed by atoms with E-state index in [-0.39, 0.29) is 5.75 Å². The van der Waals surface area contributed by atoms with Gasteiger partial charge in [0.05, 0.1) is 0 Å². The molecular formula is C15H21NO4. The quantitative estimate of drug-likeness (QED) is 0.638. The van der Waals surface area contributed by atoms with Crippen LogP contribution in [-0.2, 0) is 4.79 Å². The SMILES string of the molecule is CCCCCCC(NC(=O)c1ccc(O)cc1)C(=O)O. The van der Waals surface area contributed by atoms with Gasteiger partial charge in [0, 0.05) is 5.56 Å². The number of hydrogen-bond acceptors (Lipinski definition) is 3. The van der Waals surface area contributed by atoms with Crippen LogP contribution in [0.2, 0.25) is 0 Å². The second kappa shape index (κ2) is 8.19. The second-order valence-corrected chi connectivity index (χ2v) is 4.76. The lowest BCUT2D eigenvalue weighted by atomic mass is 10.1. The van der Waals surface area contributed by atoms with Gasteiger partial charge in [-0.3, -0.25) is 4.79 Å². The average molecular weight is 279 g/mol. The first-order chi connectivity index (χ1) is 9.54. The Morgan fingerprint density at radius 3 is 2.35 bits per heavy atom. The van der Waals surface area contributed by atoms with Crippen LogP contribution in [-0.4, -0.2) is 28.1 Å². The molecule has 0 saturated carbocycles.